The minimum absolute atomic E-state index is 0.106. The number of carbonyl (C=O) groups excluding carboxylic acids is 1. The fourth-order valence-electron chi connectivity index (χ4n) is 4.89. The zero-order valence-electron chi connectivity index (χ0n) is 23.3. The molecule has 3 aromatic heterocycles. The lowest BCUT2D eigenvalue weighted by Crippen LogP contribution is -2.36. The number of nitrogens with one attached hydrogen (secondary N) is 1. The van der Waals surface area contributed by atoms with Gasteiger partial charge in [-0.15, -0.1) is 0 Å². The maximum Gasteiger partial charge on any atom is 0.251 e. The van der Waals surface area contributed by atoms with Crippen molar-refractivity contribution in [2.45, 2.75) is 37.9 Å². The standard InChI is InChI=1S/C30H33N5O5S/c1-4-35(20(2)18-39-3)29-7-5-6-25(34-29)26-11-10-22-16-31-24(15-27(22)33-26)17-32-30(36)21-8-9-23-19-40-12-13-41(37,38)28(23)14-21/h5-11,14-16,20H,4,12-13,17-19H2,1-3H3,(H,32,36)/t20-/m0/s1. The Morgan fingerprint density at radius 2 is 1.95 bits per heavy atom. The van der Waals surface area contributed by atoms with Crippen LogP contribution in [0.5, 0.6) is 0 Å². The van der Waals surface area contributed by atoms with Crippen LogP contribution >= 0.6 is 0 Å². The highest BCUT2D eigenvalue weighted by Gasteiger charge is 2.24. The van der Waals surface area contributed by atoms with Crippen molar-refractivity contribution in [1.82, 2.24) is 20.3 Å². The molecule has 4 heterocycles. The molecule has 1 aliphatic rings. The summed E-state index contributed by atoms with van der Waals surface area (Å²) in [6, 6.07) is 16.4. The number of benzene rings is 1. The van der Waals surface area contributed by atoms with Crippen LogP contribution in [0.1, 0.15) is 35.5 Å². The van der Waals surface area contributed by atoms with E-state index in [0.29, 0.717) is 17.9 Å². The maximum absolute atomic E-state index is 12.9. The highest BCUT2D eigenvalue weighted by Crippen LogP contribution is 2.25. The Labute approximate surface area is 239 Å². The number of likely N-dealkylation sites (N-methyl/N-ethyl adjacent to an activating group) is 1. The monoisotopic (exact) mass is 575 g/mol. The molecule has 0 bridgehead atoms. The molecule has 41 heavy (non-hydrogen) atoms. The van der Waals surface area contributed by atoms with Crippen LogP contribution in [0.15, 0.2) is 65.7 Å². The van der Waals surface area contributed by atoms with Gasteiger partial charge in [-0.25, -0.2) is 18.4 Å². The molecule has 0 aliphatic carbocycles. The van der Waals surface area contributed by atoms with Crippen molar-refractivity contribution in [2.24, 2.45) is 0 Å². The summed E-state index contributed by atoms with van der Waals surface area (Å²) < 4.78 is 35.9. The van der Waals surface area contributed by atoms with E-state index < -0.39 is 9.84 Å². The number of methoxy groups -OCH3 is 1. The second-order valence-electron chi connectivity index (χ2n) is 9.91. The predicted molar refractivity (Wildman–Crippen MR) is 156 cm³/mol. The molecule has 1 N–H and O–H groups in total. The summed E-state index contributed by atoms with van der Waals surface area (Å²) in [5, 5.41) is 3.70. The number of pyridine rings is 3. The molecule has 0 unspecified atom stereocenters. The maximum atomic E-state index is 12.9. The summed E-state index contributed by atoms with van der Waals surface area (Å²) in [4.78, 5) is 29.4. The first-order valence-corrected chi connectivity index (χ1v) is 15.1. The number of aromatic nitrogens is 3. The van der Waals surface area contributed by atoms with Gasteiger partial charge in [0.1, 0.15) is 5.82 Å². The Bertz CT molecular complexity index is 1680. The Morgan fingerprint density at radius 3 is 2.76 bits per heavy atom. The van der Waals surface area contributed by atoms with Gasteiger partial charge in [0.2, 0.25) is 0 Å². The average molecular weight is 576 g/mol. The Morgan fingerprint density at radius 1 is 1.12 bits per heavy atom. The fraction of sp³-hybridized carbons (Fsp3) is 0.333. The number of ether oxygens (including phenoxy) is 2. The van der Waals surface area contributed by atoms with Gasteiger partial charge < -0.3 is 19.7 Å². The van der Waals surface area contributed by atoms with Gasteiger partial charge in [0, 0.05) is 30.8 Å². The number of hydrogen-bond donors (Lipinski definition) is 1. The summed E-state index contributed by atoms with van der Waals surface area (Å²) in [6.07, 6.45) is 1.72. The zero-order chi connectivity index (χ0) is 29.0. The number of sulfone groups is 1. The Kier molecular flexibility index (Phi) is 8.57. The first-order chi connectivity index (χ1) is 19.8. The van der Waals surface area contributed by atoms with Gasteiger partial charge >= 0.3 is 0 Å². The van der Waals surface area contributed by atoms with Crippen LogP contribution < -0.4 is 10.2 Å². The summed E-state index contributed by atoms with van der Waals surface area (Å²) in [7, 11) is -1.81. The smallest absolute Gasteiger partial charge is 0.251 e. The van der Waals surface area contributed by atoms with Crippen molar-refractivity contribution in [3.8, 4) is 11.4 Å². The molecular weight excluding hydrogens is 542 g/mol. The predicted octanol–water partition coefficient (Wildman–Crippen LogP) is 3.79. The first kappa shape index (κ1) is 28.6. The van der Waals surface area contributed by atoms with E-state index in [4.69, 9.17) is 19.4 Å². The van der Waals surface area contributed by atoms with Crippen LogP contribution in [0.4, 0.5) is 5.82 Å². The van der Waals surface area contributed by atoms with E-state index >= 15 is 0 Å². The van der Waals surface area contributed by atoms with Gasteiger partial charge in [0.15, 0.2) is 9.84 Å². The first-order valence-electron chi connectivity index (χ1n) is 13.5. The number of rotatable bonds is 9. The Balaban J connectivity index is 1.34. The van der Waals surface area contributed by atoms with Gasteiger partial charge in [0.25, 0.3) is 5.91 Å². The van der Waals surface area contributed by atoms with Gasteiger partial charge in [-0.3, -0.25) is 9.78 Å². The molecule has 0 spiro atoms. The van der Waals surface area contributed by atoms with Gasteiger partial charge in [-0.1, -0.05) is 12.1 Å². The molecule has 1 atom stereocenters. The molecule has 1 aliphatic heterocycles. The van der Waals surface area contributed by atoms with Crippen molar-refractivity contribution < 1.29 is 22.7 Å². The van der Waals surface area contributed by atoms with Crippen LogP contribution in [-0.4, -0.2) is 67.9 Å². The quantitative estimate of drug-likeness (QED) is 0.317. The van der Waals surface area contributed by atoms with Crippen molar-refractivity contribution in [3.05, 3.63) is 77.6 Å². The minimum atomic E-state index is -3.51. The SMILES string of the molecule is CCN(c1cccc(-c2ccc3cnc(CNC(=O)c4ccc5c(c4)S(=O)(=O)CCOC5)cc3n2)n1)[C@@H](C)COC. The number of carbonyl (C=O) groups is 1. The second-order valence-corrected chi connectivity index (χ2v) is 12.0. The second kappa shape index (κ2) is 12.3. The molecule has 11 heteroatoms. The average Bonchev–Trinajstić information content (AvgIpc) is 3.13. The lowest BCUT2D eigenvalue weighted by Gasteiger charge is -2.28. The number of fused-ring (bicyclic) bond motifs is 2. The summed E-state index contributed by atoms with van der Waals surface area (Å²) in [6.45, 7) is 6.08. The van der Waals surface area contributed by atoms with Crippen LogP contribution in [0.2, 0.25) is 0 Å². The van der Waals surface area contributed by atoms with E-state index in [1.54, 1.807) is 25.4 Å². The largest absolute Gasteiger partial charge is 0.383 e. The molecule has 0 saturated heterocycles. The number of hydrogen-bond acceptors (Lipinski definition) is 9. The third-order valence-corrected chi connectivity index (χ3v) is 8.80. The lowest BCUT2D eigenvalue weighted by atomic mass is 10.1. The molecule has 0 radical (unpaired) electrons. The minimum Gasteiger partial charge on any atom is -0.383 e. The van der Waals surface area contributed by atoms with Crippen molar-refractivity contribution in [3.63, 3.8) is 0 Å². The zero-order valence-corrected chi connectivity index (χ0v) is 24.1. The van der Waals surface area contributed by atoms with E-state index in [-0.39, 0.29) is 47.9 Å². The van der Waals surface area contributed by atoms with Gasteiger partial charge in [-0.05, 0) is 61.9 Å². The van der Waals surface area contributed by atoms with E-state index in [1.807, 2.05) is 36.4 Å². The number of amides is 1. The molecule has 1 aromatic carbocycles. The highest BCUT2D eigenvalue weighted by atomic mass is 32.2. The van der Waals surface area contributed by atoms with Gasteiger partial charge in [-0.2, -0.15) is 0 Å². The number of nitrogens with zero attached hydrogens (tertiary/aromatic N) is 4. The molecule has 0 saturated carbocycles. The topological polar surface area (TPSA) is 124 Å². The molecule has 0 fully saturated rings. The molecular formula is C30H33N5O5S. The highest BCUT2D eigenvalue weighted by molar-refractivity contribution is 7.91. The van der Waals surface area contributed by atoms with Crippen LogP contribution in [-0.2, 0) is 32.5 Å². The van der Waals surface area contributed by atoms with Crippen molar-refractivity contribution in [2.75, 3.05) is 37.5 Å². The van der Waals surface area contributed by atoms with Crippen LogP contribution in [0, 0.1) is 0 Å². The van der Waals surface area contributed by atoms with E-state index in [0.717, 1.165) is 34.7 Å². The fourth-order valence-corrected chi connectivity index (χ4v) is 6.28. The molecule has 4 aromatic rings. The van der Waals surface area contributed by atoms with E-state index in [2.05, 4.69) is 29.0 Å². The van der Waals surface area contributed by atoms with Crippen LogP contribution in [0.3, 0.4) is 0 Å². The third-order valence-electron chi connectivity index (χ3n) is 7.05. The third kappa shape index (κ3) is 6.37. The van der Waals surface area contributed by atoms with E-state index in [9.17, 15) is 13.2 Å². The lowest BCUT2D eigenvalue weighted by molar-refractivity contribution is 0.0950. The molecule has 214 valence electrons. The normalized spacial score (nSPS) is 15.1. The molecule has 5 rings (SSSR count). The van der Waals surface area contributed by atoms with Crippen LogP contribution in [0.25, 0.3) is 22.3 Å². The van der Waals surface area contributed by atoms with Crippen molar-refractivity contribution >= 4 is 32.5 Å². The Hall–Kier alpha value is -3.93. The summed E-state index contributed by atoms with van der Waals surface area (Å²) in [5.74, 6) is 0.360. The number of anilines is 1. The van der Waals surface area contributed by atoms with Gasteiger partial charge in [0.05, 0.1) is 65.7 Å². The summed E-state index contributed by atoms with van der Waals surface area (Å²) in [5.41, 5.74) is 3.66. The molecule has 10 nitrogen and oxygen atoms in total. The van der Waals surface area contributed by atoms with Crippen molar-refractivity contribution in [1.29, 1.82) is 0 Å². The van der Waals surface area contributed by atoms with E-state index in [1.165, 1.54) is 6.07 Å². The summed E-state index contributed by atoms with van der Waals surface area (Å²) >= 11 is 0. The molecule has 1 amide bonds.